The predicted octanol–water partition coefficient (Wildman–Crippen LogP) is 2.81. The first-order chi connectivity index (χ1) is 13.8. The summed E-state index contributed by atoms with van der Waals surface area (Å²) < 4.78 is 49.2. The zero-order valence-electron chi connectivity index (χ0n) is 15.9. The fourth-order valence-electron chi connectivity index (χ4n) is 2.64. The molecule has 9 heteroatoms. The molecule has 0 bridgehead atoms. The average Bonchev–Trinajstić information content (AvgIpc) is 2.70. The number of carbonyl (C=O) groups excluding carboxylic acids is 2. The van der Waals surface area contributed by atoms with Crippen LogP contribution >= 0.6 is 0 Å². The van der Waals surface area contributed by atoms with Crippen molar-refractivity contribution < 1.29 is 32.2 Å². The lowest BCUT2D eigenvalue weighted by molar-refractivity contribution is -0.138. The van der Waals surface area contributed by atoms with Gasteiger partial charge in [-0.2, -0.15) is 13.2 Å². The van der Waals surface area contributed by atoms with E-state index in [1.165, 1.54) is 26.4 Å². The fraction of sp³-hybridized carbons (Fsp3) is 0.300. The maximum atomic E-state index is 13.0. The molecule has 0 unspecified atom stereocenters. The van der Waals surface area contributed by atoms with Gasteiger partial charge >= 0.3 is 6.18 Å². The SMILES string of the molecule is COc1ccc(CC(=O)NCCNC(=O)c2ccccc2C(F)(F)F)cc1OC. The minimum absolute atomic E-state index is 0.0112. The highest BCUT2D eigenvalue weighted by Gasteiger charge is 2.34. The van der Waals surface area contributed by atoms with E-state index in [4.69, 9.17) is 9.47 Å². The first-order valence-electron chi connectivity index (χ1n) is 8.68. The quantitative estimate of drug-likeness (QED) is 0.657. The Kier molecular flexibility index (Phi) is 7.46. The third-order valence-corrected chi connectivity index (χ3v) is 4.02. The summed E-state index contributed by atoms with van der Waals surface area (Å²) in [7, 11) is 2.99. The van der Waals surface area contributed by atoms with Crippen LogP contribution in [0.4, 0.5) is 13.2 Å². The van der Waals surface area contributed by atoms with Gasteiger partial charge in [0, 0.05) is 13.1 Å². The van der Waals surface area contributed by atoms with Crippen LogP contribution < -0.4 is 20.1 Å². The Hall–Kier alpha value is -3.23. The summed E-state index contributed by atoms with van der Waals surface area (Å²) in [6, 6.07) is 9.60. The van der Waals surface area contributed by atoms with Gasteiger partial charge in [-0.05, 0) is 29.8 Å². The van der Waals surface area contributed by atoms with Gasteiger partial charge in [0.1, 0.15) is 0 Å². The number of amides is 2. The Bertz CT molecular complexity index is 869. The van der Waals surface area contributed by atoms with Crippen LogP contribution in [0, 0.1) is 0 Å². The number of carbonyl (C=O) groups is 2. The summed E-state index contributed by atoms with van der Waals surface area (Å²) >= 11 is 0. The zero-order chi connectivity index (χ0) is 21.4. The molecular weight excluding hydrogens is 389 g/mol. The van der Waals surface area contributed by atoms with Crippen LogP contribution in [0.25, 0.3) is 0 Å². The molecule has 2 amide bonds. The molecule has 2 aromatic carbocycles. The summed E-state index contributed by atoms with van der Waals surface area (Å²) in [5.74, 6) is -0.124. The Labute approximate surface area is 166 Å². The van der Waals surface area contributed by atoms with Crippen LogP contribution in [0.2, 0.25) is 0 Å². The second-order valence-corrected chi connectivity index (χ2v) is 6.02. The van der Waals surface area contributed by atoms with Gasteiger partial charge in [-0.1, -0.05) is 18.2 Å². The van der Waals surface area contributed by atoms with E-state index in [-0.39, 0.29) is 25.4 Å². The zero-order valence-corrected chi connectivity index (χ0v) is 15.9. The molecule has 29 heavy (non-hydrogen) atoms. The van der Waals surface area contributed by atoms with Crippen molar-refractivity contribution in [3.05, 3.63) is 59.2 Å². The highest BCUT2D eigenvalue weighted by atomic mass is 19.4. The van der Waals surface area contributed by atoms with Crippen molar-refractivity contribution >= 4 is 11.8 Å². The molecule has 0 saturated carbocycles. The number of halogens is 3. The van der Waals surface area contributed by atoms with Gasteiger partial charge in [0.25, 0.3) is 5.91 Å². The summed E-state index contributed by atoms with van der Waals surface area (Å²) in [4.78, 5) is 24.1. The molecular formula is C20H21F3N2O4. The molecule has 0 atom stereocenters. The van der Waals surface area contributed by atoms with E-state index in [2.05, 4.69) is 10.6 Å². The van der Waals surface area contributed by atoms with E-state index in [0.29, 0.717) is 17.1 Å². The van der Waals surface area contributed by atoms with Crippen LogP contribution in [0.5, 0.6) is 11.5 Å². The average molecular weight is 410 g/mol. The predicted molar refractivity (Wildman–Crippen MR) is 100 cm³/mol. The van der Waals surface area contributed by atoms with Crippen molar-refractivity contribution in [3.63, 3.8) is 0 Å². The van der Waals surface area contributed by atoms with E-state index in [1.54, 1.807) is 18.2 Å². The standard InChI is InChI=1S/C20H21F3N2O4/c1-28-16-8-7-13(11-17(16)29-2)12-18(26)24-9-10-25-19(27)14-5-3-4-6-15(14)20(21,22)23/h3-8,11H,9-10,12H2,1-2H3,(H,24,26)(H,25,27). The van der Waals surface area contributed by atoms with Gasteiger partial charge in [-0.3, -0.25) is 9.59 Å². The lowest BCUT2D eigenvalue weighted by atomic mass is 10.1. The van der Waals surface area contributed by atoms with Crippen molar-refractivity contribution in [2.75, 3.05) is 27.3 Å². The molecule has 2 N–H and O–H groups in total. The summed E-state index contributed by atoms with van der Waals surface area (Å²) in [5, 5.41) is 4.97. The number of alkyl halides is 3. The van der Waals surface area contributed by atoms with Crippen LogP contribution in [-0.2, 0) is 17.4 Å². The third-order valence-electron chi connectivity index (χ3n) is 4.02. The second-order valence-electron chi connectivity index (χ2n) is 6.02. The molecule has 0 heterocycles. The van der Waals surface area contributed by atoms with Gasteiger partial charge in [0.05, 0.1) is 31.8 Å². The van der Waals surface area contributed by atoms with Crippen molar-refractivity contribution in [3.8, 4) is 11.5 Å². The molecule has 0 aliphatic rings. The van der Waals surface area contributed by atoms with Crippen LogP contribution in [0.1, 0.15) is 21.5 Å². The Balaban J connectivity index is 1.84. The smallest absolute Gasteiger partial charge is 0.417 e. The molecule has 6 nitrogen and oxygen atoms in total. The van der Waals surface area contributed by atoms with Crippen LogP contribution in [0.3, 0.4) is 0 Å². The summed E-state index contributed by atoms with van der Waals surface area (Å²) in [5.41, 5.74) is -0.769. The minimum atomic E-state index is -4.62. The summed E-state index contributed by atoms with van der Waals surface area (Å²) in [6.07, 6.45) is -4.55. The highest BCUT2D eigenvalue weighted by Crippen LogP contribution is 2.31. The second kappa shape index (κ2) is 9.81. The Morgan fingerprint density at radius 1 is 0.931 bits per heavy atom. The first-order valence-corrected chi connectivity index (χ1v) is 8.68. The van der Waals surface area contributed by atoms with Crippen molar-refractivity contribution in [2.24, 2.45) is 0 Å². The molecule has 0 aliphatic heterocycles. The van der Waals surface area contributed by atoms with Crippen molar-refractivity contribution in [2.45, 2.75) is 12.6 Å². The van der Waals surface area contributed by atoms with E-state index < -0.39 is 23.2 Å². The van der Waals surface area contributed by atoms with Gasteiger partial charge in [0.15, 0.2) is 11.5 Å². The lowest BCUT2D eigenvalue weighted by Crippen LogP contribution is -2.36. The number of ether oxygens (including phenoxy) is 2. The topological polar surface area (TPSA) is 76.7 Å². The van der Waals surface area contributed by atoms with Crippen LogP contribution in [0.15, 0.2) is 42.5 Å². The molecule has 0 fully saturated rings. The Morgan fingerprint density at radius 2 is 1.59 bits per heavy atom. The van der Waals surface area contributed by atoms with E-state index in [1.807, 2.05) is 0 Å². The van der Waals surface area contributed by atoms with Gasteiger partial charge in [-0.25, -0.2) is 0 Å². The largest absolute Gasteiger partial charge is 0.493 e. The minimum Gasteiger partial charge on any atom is -0.493 e. The number of hydrogen-bond acceptors (Lipinski definition) is 4. The highest BCUT2D eigenvalue weighted by molar-refractivity contribution is 5.95. The van der Waals surface area contributed by atoms with Gasteiger partial charge < -0.3 is 20.1 Å². The lowest BCUT2D eigenvalue weighted by Gasteiger charge is -2.13. The monoisotopic (exact) mass is 410 g/mol. The number of methoxy groups -OCH3 is 2. The molecule has 2 rings (SSSR count). The van der Waals surface area contributed by atoms with Gasteiger partial charge in [0.2, 0.25) is 5.91 Å². The van der Waals surface area contributed by atoms with E-state index >= 15 is 0 Å². The Morgan fingerprint density at radius 3 is 2.24 bits per heavy atom. The molecule has 156 valence electrons. The normalized spacial score (nSPS) is 10.9. The number of rotatable bonds is 8. The fourth-order valence-corrected chi connectivity index (χ4v) is 2.64. The van der Waals surface area contributed by atoms with E-state index in [0.717, 1.165) is 12.1 Å². The van der Waals surface area contributed by atoms with Crippen molar-refractivity contribution in [1.82, 2.24) is 10.6 Å². The number of benzene rings is 2. The molecule has 0 spiro atoms. The third kappa shape index (κ3) is 6.13. The van der Waals surface area contributed by atoms with E-state index in [9.17, 15) is 22.8 Å². The molecule has 0 aliphatic carbocycles. The molecule has 0 radical (unpaired) electrons. The first kappa shape index (κ1) is 22.1. The van der Waals surface area contributed by atoms with Gasteiger partial charge in [-0.15, -0.1) is 0 Å². The number of hydrogen-bond donors (Lipinski definition) is 2. The maximum absolute atomic E-state index is 13.0. The molecule has 0 saturated heterocycles. The van der Waals surface area contributed by atoms with Crippen LogP contribution in [-0.4, -0.2) is 39.1 Å². The summed E-state index contributed by atoms with van der Waals surface area (Å²) in [6.45, 7) is 0.0642. The van der Waals surface area contributed by atoms with Crippen molar-refractivity contribution in [1.29, 1.82) is 0 Å². The molecule has 2 aromatic rings. The number of nitrogens with one attached hydrogen (secondary N) is 2. The maximum Gasteiger partial charge on any atom is 0.417 e. The molecule has 0 aromatic heterocycles.